The van der Waals surface area contributed by atoms with Gasteiger partial charge in [0.15, 0.2) is 11.8 Å². The molecule has 32 heavy (non-hydrogen) atoms. The normalized spacial score (nSPS) is 13.6. The fraction of sp³-hybridized carbons (Fsp3) is 0.609. The Balaban J connectivity index is 0.00000363. The van der Waals surface area contributed by atoms with Crippen molar-refractivity contribution >= 4 is 29.9 Å². The second kappa shape index (κ2) is 13.6. The van der Waals surface area contributed by atoms with Crippen LogP contribution in [0.25, 0.3) is 0 Å². The van der Waals surface area contributed by atoms with Gasteiger partial charge < -0.3 is 24.7 Å². The predicted octanol–water partition coefficient (Wildman–Crippen LogP) is 3.50. The lowest BCUT2D eigenvalue weighted by molar-refractivity contribution is 0.145. The fourth-order valence-corrected chi connectivity index (χ4v) is 3.05. The SMILES string of the molecule is CCOCCCNC(=NCc1ccc(C)cc1OCC1CC1)NCc1nnc(C)n1C.I. The van der Waals surface area contributed by atoms with Crippen LogP contribution in [0.3, 0.4) is 0 Å². The van der Waals surface area contributed by atoms with Crippen molar-refractivity contribution in [2.24, 2.45) is 18.0 Å². The molecular formula is C23H37IN6O2. The minimum absolute atomic E-state index is 0. The number of ether oxygens (including phenoxy) is 2. The van der Waals surface area contributed by atoms with E-state index in [1.165, 1.54) is 18.4 Å². The number of aromatic nitrogens is 3. The maximum Gasteiger partial charge on any atom is 0.191 e. The molecule has 0 spiro atoms. The van der Waals surface area contributed by atoms with Crippen LogP contribution in [0.4, 0.5) is 0 Å². The number of nitrogens with zero attached hydrogens (tertiary/aromatic N) is 4. The number of halogens is 1. The molecule has 1 aliphatic carbocycles. The van der Waals surface area contributed by atoms with Crippen LogP contribution >= 0.6 is 24.0 Å². The van der Waals surface area contributed by atoms with Crippen LogP contribution in [-0.2, 0) is 24.9 Å². The van der Waals surface area contributed by atoms with Crippen molar-refractivity contribution in [3.05, 3.63) is 41.0 Å². The van der Waals surface area contributed by atoms with Gasteiger partial charge in [-0.3, -0.25) is 0 Å². The number of nitrogens with one attached hydrogen (secondary N) is 2. The molecule has 8 nitrogen and oxygen atoms in total. The van der Waals surface area contributed by atoms with Gasteiger partial charge in [-0.2, -0.15) is 0 Å². The standard InChI is InChI=1S/C23H36N6O2.HI/c1-5-30-12-6-11-24-23(26-15-22-28-27-18(3)29(22)4)25-14-20-10-7-17(2)13-21(20)31-16-19-8-9-19;/h7,10,13,19H,5-6,8-9,11-12,14-16H2,1-4H3,(H2,24,25,26);1H. The Morgan fingerprint density at radius 2 is 2.03 bits per heavy atom. The number of rotatable bonds is 12. The smallest absolute Gasteiger partial charge is 0.191 e. The third-order valence-corrected chi connectivity index (χ3v) is 5.36. The van der Waals surface area contributed by atoms with Gasteiger partial charge >= 0.3 is 0 Å². The molecule has 0 radical (unpaired) electrons. The number of guanidine groups is 1. The summed E-state index contributed by atoms with van der Waals surface area (Å²) in [5.74, 6) is 4.15. The Morgan fingerprint density at radius 3 is 2.72 bits per heavy atom. The van der Waals surface area contributed by atoms with Crippen LogP contribution in [0.5, 0.6) is 5.75 Å². The van der Waals surface area contributed by atoms with Crippen molar-refractivity contribution < 1.29 is 9.47 Å². The molecule has 0 bridgehead atoms. The van der Waals surface area contributed by atoms with Crippen LogP contribution in [0, 0.1) is 19.8 Å². The summed E-state index contributed by atoms with van der Waals surface area (Å²) < 4.78 is 13.5. The van der Waals surface area contributed by atoms with Gasteiger partial charge in [0.1, 0.15) is 11.6 Å². The van der Waals surface area contributed by atoms with Gasteiger partial charge in [0.25, 0.3) is 0 Å². The van der Waals surface area contributed by atoms with Gasteiger partial charge in [-0.05, 0) is 57.6 Å². The first-order valence-electron chi connectivity index (χ1n) is 11.2. The first-order chi connectivity index (χ1) is 15.1. The molecule has 1 fully saturated rings. The topological polar surface area (TPSA) is 85.6 Å². The van der Waals surface area contributed by atoms with E-state index in [1.54, 1.807) is 0 Å². The highest BCUT2D eigenvalue weighted by atomic mass is 127. The zero-order valence-corrected chi connectivity index (χ0v) is 22.0. The summed E-state index contributed by atoms with van der Waals surface area (Å²) in [5, 5.41) is 15.1. The molecule has 0 atom stereocenters. The average molecular weight is 556 g/mol. The highest BCUT2D eigenvalue weighted by Gasteiger charge is 2.22. The quantitative estimate of drug-likeness (QED) is 0.180. The fourth-order valence-electron chi connectivity index (χ4n) is 3.05. The van der Waals surface area contributed by atoms with Crippen molar-refractivity contribution in [2.75, 3.05) is 26.4 Å². The van der Waals surface area contributed by atoms with Crippen LogP contribution < -0.4 is 15.4 Å². The number of aryl methyl sites for hydroxylation is 2. The molecule has 9 heteroatoms. The monoisotopic (exact) mass is 556 g/mol. The van der Waals surface area contributed by atoms with Gasteiger partial charge in [0, 0.05) is 32.4 Å². The van der Waals surface area contributed by atoms with Gasteiger partial charge in [0.2, 0.25) is 0 Å². The molecule has 1 saturated carbocycles. The summed E-state index contributed by atoms with van der Waals surface area (Å²) >= 11 is 0. The van der Waals surface area contributed by atoms with Gasteiger partial charge in [-0.25, -0.2) is 4.99 Å². The molecular weight excluding hydrogens is 519 g/mol. The predicted molar refractivity (Wildman–Crippen MR) is 138 cm³/mol. The lowest BCUT2D eigenvalue weighted by atomic mass is 10.1. The van der Waals surface area contributed by atoms with Gasteiger partial charge in [-0.15, -0.1) is 34.2 Å². The van der Waals surface area contributed by atoms with E-state index in [9.17, 15) is 0 Å². The maximum absolute atomic E-state index is 6.10. The third-order valence-electron chi connectivity index (χ3n) is 5.36. The van der Waals surface area contributed by atoms with Crippen LogP contribution in [0.15, 0.2) is 23.2 Å². The van der Waals surface area contributed by atoms with E-state index in [4.69, 9.17) is 14.5 Å². The molecule has 0 amide bonds. The second-order valence-electron chi connectivity index (χ2n) is 8.08. The molecule has 2 aromatic rings. The zero-order chi connectivity index (χ0) is 22.1. The van der Waals surface area contributed by atoms with E-state index < -0.39 is 0 Å². The number of hydrogen-bond acceptors (Lipinski definition) is 5. The van der Waals surface area contributed by atoms with E-state index >= 15 is 0 Å². The zero-order valence-electron chi connectivity index (χ0n) is 19.7. The highest BCUT2D eigenvalue weighted by molar-refractivity contribution is 14.0. The van der Waals surface area contributed by atoms with Crippen molar-refractivity contribution in [1.29, 1.82) is 0 Å². The summed E-state index contributed by atoms with van der Waals surface area (Å²) in [6.07, 6.45) is 3.47. The van der Waals surface area contributed by atoms with Gasteiger partial charge in [0.05, 0.1) is 19.7 Å². The summed E-state index contributed by atoms with van der Waals surface area (Å²) in [7, 11) is 1.97. The lowest BCUT2D eigenvalue weighted by Gasteiger charge is -2.14. The number of hydrogen-bond donors (Lipinski definition) is 2. The first-order valence-corrected chi connectivity index (χ1v) is 11.2. The molecule has 1 aliphatic rings. The Labute approximate surface area is 208 Å². The van der Waals surface area contributed by atoms with Gasteiger partial charge in [-0.1, -0.05) is 12.1 Å². The Morgan fingerprint density at radius 1 is 1.22 bits per heavy atom. The van der Waals surface area contributed by atoms with Crippen molar-refractivity contribution in [2.45, 2.75) is 53.1 Å². The molecule has 1 heterocycles. The summed E-state index contributed by atoms with van der Waals surface area (Å²) in [6.45, 7) is 10.2. The van der Waals surface area contributed by atoms with Crippen molar-refractivity contribution in [1.82, 2.24) is 25.4 Å². The number of benzene rings is 1. The molecule has 1 aromatic carbocycles. The van der Waals surface area contributed by atoms with E-state index in [-0.39, 0.29) is 24.0 Å². The van der Waals surface area contributed by atoms with Crippen molar-refractivity contribution in [3.8, 4) is 5.75 Å². The lowest BCUT2D eigenvalue weighted by Crippen LogP contribution is -2.38. The molecule has 0 saturated heterocycles. The van der Waals surface area contributed by atoms with E-state index in [2.05, 4.69) is 46.0 Å². The Kier molecular flexibility index (Phi) is 11.2. The molecule has 3 rings (SSSR count). The summed E-state index contributed by atoms with van der Waals surface area (Å²) in [5.41, 5.74) is 2.29. The summed E-state index contributed by atoms with van der Waals surface area (Å²) in [4.78, 5) is 4.81. The second-order valence-corrected chi connectivity index (χ2v) is 8.08. The molecule has 2 N–H and O–H groups in total. The minimum atomic E-state index is 0. The average Bonchev–Trinajstić information content (AvgIpc) is 3.54. The Bertz CT molecular complexity index is 866. The van der Waals surface area contributed by atoms with E-state index in [0.717, 1.165) is 67.6 Å². The van der Waals surface area contributed by atoms with Crippen LogP contribution in [0.1, 0.15) is 49.0 Å². The molecule has 1 aromatic heterocycles. The largest absolute Gasteiger partial charge is 0.493 e. The summed E-state index contributed by atoms with van der Waals surface area (Å²) in [6, 6.07) is 6.33. The van der Waals surface area contributed by atoms with Crippen molar-refractivity contribution in [3.63, 3.8) is 0 Å². The van der Waals surface area contributed by atoms with E-state index in [0.29, 0.717) is 13.1 Å². The maximum atomic E-state index is 6.10. The third kappa shape index (κ3) is 8.57. The van der Waals surface area contributed by atoms with Crippen LogP contribution in [0.2, 0.25) is 0 Å². The minimum Gasteiger partial charge on any atom is -0.493 e. The van der Waals surface area contributed by atoms with E-state index in [1.807, 2.05) is 25.5 Å². The molecule has 178 valence electrons. The first kappa shape index (κ1) is 26.4. The molecule has 0 aliphatic heterocycles. The Hall–Kier alpha value is -1.88. The highest BCUT2D eigenvalue weighted by Crippen LogP contribution is 2.30. The van der Waals surface area contributed by atoms with Crippen LogP contribution in [-0.4, -0.2) is 47.1 Å². The molecule has 0 unspecified atom stereocenters. The number of aliphatic imine (C=N–C) groups is 1.